The first-order valence-electron chi connectivity index (χ1n) is 11.4. The number of ether oxygens (including phenoxy) is 1. The summed E-state index contributed by atoms with van der Waals surface area (Å²) in [6, 6.07) is 6.63. The van der Waals surface area contributed by atoms with Crippen molar-refractivity contribution < 1.29 is 19.2 Å². The van der Waals surface area contributed by atoms with Gasteiger partial charge in [-0.3, -0.25) is 4.79 Å². The van der Waals surface area contributed by atoms with E-state index >= 15 is 0 Å². The molecule has 2 atom stereocenters. The zero-order valence-electron chi connectivity index (χ0n) is 20.6. The largest absolute Gasteiger partial charge is 0.474 e. The van der Waals surface area contributed by atoms with Gasteiger partial charge in [0.25, 0.3) is 5.89 Å². The van der Waals surface area contributed by atoms with Gasteiger partial charge in [0, 0.05) is 24.8 Å². The van der Waals surface area contributed by atoms with Crippen molar-refractivity contribution in [3.05, 3.63) is 46.6 Å². The van der Waals surface area contributed by atoms with Crippen LogP contribution >= 0.6 is 12.4 Å². The van der Waals surface area contributed by atoms with Crippen LogP contribution in [0.1, 0.15) is 43.0 Å². The van der Waals surface area contributed by atoms with Crippen LogP contribution in [0.2, 0.25) is 0 Å². The number of benzene rings is 1. The van der Waals surface area contributed by atoms with Crippen molar-refractivity contribution in [2.45, 2.75) is 58.9 Å². The molecule has 36 heavy (non-hydrogen) atoms. The van der Waals surface area contributed by atoms with Crippen molar-refractivity contribution in [3.63, 3.8) is 0 Å². The van der Waals surface area contributed by atoms with Gasteiger partial charge in [0.2, 0.25) is 17.6 Å². The quantitative estimate of drug-likeness (QED) is 0.507. The summed E-state index contributed by atoms with van der Waals surface area (Å²) in [5, 5.41) is 23.3. The Balaban J connectivity index is 0.00000361. The number of carbonyl (C=O) groups is 1. The maximum absolute atomic E-state index is 12.6. The van der Waals surface area contributed by atoms with Crippen molar-refractivity contribution in [1.29, 1.82) is 5.26 Å². The summed E-state index contributed by atoms with van der Waals surface area (Å²) >= 11 is 0. The molecule has 11 heteroatoms. The fourth-order valence-corrected chi connectivity index (χ4v) is 4.10. The average Bonchev–Trinajstić information content (AvgIpc) is 3.33. The highest BCUT2D eigenvalue weighted by molar-refractivity contribution is 5.85. The molecule has 2 aromatic heterocycles. The van der Waals surface area contributed by atoms with E-state index in [-0.39, 0.29) is 41.8 Å². The number of nitrogens with zero attached hydrogens (tertiary/aromatic N) is 5. The van der Waals surface area contributed by atoms with Crippen LogP contribution in [0.4, 0.5) is 0 Å². The number of nitriles is 1. The third-order valence-electron chi connectivity index (χ3n) is 6.04. The monoisotopic (exact) mass is 512 g/mol. The number of hydrogen-bond donors (Lipinski definition) is 2. The number of aliphatic hydroxyl groups excluding tert-OH is 1. The van der Waals surface area contributed by atoms with E-state index < -0.39 is 12.1 Å². The van der Waals surface area contributed by atoms with Gasteiger partial charge in [-0.25, -0.2) is 4.98 Å². The molecule has 1 aliphatic rings. The number of pyridine rings is 1. The third kappa shape index (κ3) is 5.33. The van der Waals surface area contributed by atoms with E-state index in [0.29, 0.717) is 30.9 Å². The number of hydrogen-bond acceptors (Lipinski definition) is 9. The first-order valence-corrected chi connectivity index (χ1v) is 11.4. The van der Waals surface area contributed by atoms with Gasteiger partial charge in [0.15, 0.2) is 0 Å². The maximum atomic E-state index is 12.6. The summed E-state index contributed by atoms with van der Waals surface area (Å²) in [5.41, 5.74) is 10.6. The molecule has 0 unspecified atom stereocenters. The van der Waals surface area contributed by atoms with Gasteiger partial charge in [0.05, 0.1) is 17.8 Å². The summed E-state index contributed by atoms with van der Waals surface area (Å²) in [6.45, 7) is 8.18. The van der Waals surface area contributed by atoms with Gasteiger partial charge in [-0.2, -0.15) is 10.2 Å². The van der Waals surface area contributed by atoms with Crippen molar-refractivity contribution in [2.75, 3.05) is 6.54 Å². The lowest BCUT2D eigenvalue weighted by Crippen LogP contribution is -2.50. The Morgan fingerprint density at radius 1 is 1.33 bits per heavy atom. The number of fused-ring (bicyclic) bond motifs is 1. The van der Waals surface area contributed by atoms with Gasteiger partial charge in [0.1, 0.15) is 17.7 Å². The van der Waals surface area contributed by atoms with Crippen LogP contribution < -0.4 is 10.5 Å². The average molecular weight is 513 g/mol. The van der Waals surface area contributed by atoms with E-state index in [9.17, 15) is 15.2 Å². The molecule has 3 aromatic rings. The van der Waals surface area contributed by atoms with Crippen LogP contribution in [-0.2, 0) is 17.8 Å². The van der Waals surface area contributed by atoms with Crippen LogP contribution in [-0.4, -0.2) is 55.8 Å². The van der Waals surface area contributed by atoms with Crippen LogP contribution in [0.25, 0.3) is 22.8 Å². The molecule has 1 aliphatic heterocycles. The molecule has 0 fully saturated rings. The summed E-state index contributed by atoms with van der Waals surface area (Å²) in [6.07, 6.45) is 1.19. The third-order valence-corrected chi connectivity index (χ3v) is 6.04. The fraction of sp³-hybridized carbons (Fsp3) is 0.400. The summed E-state index contributed by atoms with van der Waals surface area (Å²) in [5.74, 6) is 0.681. The van der Waals surface area contributed by atoms with Gasteiger partial charge >= 0.3 is 0 Å². The molecular weight excluding hydrogens is 484 g/mol. The minimum atomic E-state index is -0.934. The second-order valence-electron chi connectivity index (χ2n) is 8.93. The number of amides is 1. The van der Waals surface area contributed by atoms with Crippen LogP contribution in [0.5, 0.6) is 5.88 Å². The summed E-state index contributed by atoms with van der Waals surface area (Å²) < 4.78 is 11.1. The van der Waals surface area contributed by atoms with E-state index in [0.717, 1.165) is 22.3 Å². The van der Waals surface area contributed by atoms with Crippen LogP contribution in [0.3, 0.4) is 0 Å². The fourth-order valence-electron chi connectivity index (χ4n) is 4.10. The molecule has 4 rings (SSSR count). The number of halogens is 1. The topological polar surface area (TPSA) is 151 Å². The zero-order chi connectivity index (χ0) is 25.3. The van der Waals surface area contributed by atoms with E-state index in [1.165, 1.54) is 6.92 Å². The second kappa shape index (κ2) is 11.0. The smallest absolute Gasteiger partial charge is 0.259 e. The molecule has 10 nitrogen and oxygen atoms in total. The van der Waals surface area contributed by atoms with Crippen molar-refractivity contribution in [1.82, 2.24) is 20.0 Å². The lowest BCUT2D eigenvalue weighted by Gasteiger charge is -2.32. The van der Waals surface area contributed by atoms with Gasteiger partial charge in [-0.1, -0.05) is 17.3 Å². The minimum absolute atomic E-state index is 0. The highest BCUT2D eigenvalue weighted by Crippen LogP contribution is 2.32. The standard InChI is InChI=1S/C25H28N6O4.ClH/c1-13(2)34-23-17(10-26)9-18(11-28-23)24-29-22(30-35-24)20-6-5-16-12-31(8-7-19(16)14(20)3)25(33)21(27)15(4)32;/h5-6,9,11,13,15,21,32H,7-8,12,27H2,1-4H3;1H/t15-,21+;/m1./s1. The molecule has 3 N–H and O–H groups in total. The molecule has 3 heterocycles. The van der Waals surface area contributed by atoms with Crippen LogP contribution in [0.15, 0.2) is 28.9 Å². The minimum Gasteiger partial charge on any atom is -0.474 e. The Bertz CT molecular complexity index is 1300. The Kier molecular flexibility index (Phi) is 8.30. The van der Waals surface area contributed by atoms with E-state index in [1.807, 2.05) is 32.9 Å². The second-order valence-corrected chi connectivity index (χ2v) is 8.93. The van der Waals surface area contributed by atoms with Crippen molar-refractivity contribution in [3.8, 4) is 34.8 Å². The van der Waals surface area contributed by atoms with Gasteiger partial charge in [-0.05, 0) is 56.9 Å². The molecule has 0 radical (unpaired) electrons. The molecule has 0 saturated heterocycles. The molecule has 0 saturated carbocycles. The number of nitrogens with two attached hydrogens (primary N) is 1. The number of aliphatic hydroxyl groups is 1. The predicted octanol–water partition coefficient (Wildman–Crippen LogP) is 2.78. The Morgan fingerprint density at radius 2 is 2.08 bits per heavy atom. The molecule has 1 aromatic carbocycles. The summed E-state index contributed by atoms with van der Waals surface area (Å²) in [7, 11) is 0. The number of rotatable bonds is 6. The lowest BCUT2D eigenvalue weighted by molar-refractivity contribution is -0.135. The lowest BCUT2D eigenvalue weighted by atomic mass is 9.91. The first-order chi connectivity index (χ1) is 16.7. The Labute approximate surface area is 215 Å². The molecule has 0 spiro atoms. The molecule has 0 aliphatic carbocycles. The van der Waals surface area contributed by atoms with Crippen molar-refractivity contribution >= 4 is 18.3 Å². The Hall–Kier alpha value is -3.52. The highest BCUT2D eigenvalue weighted by Gasteiger charge is 2.29. The highest BCUT2D eigenvalue weighted by atomic mass is 35.5. The number of carbonyl (C=O) groups excluding carboxylic acids is 1. The van der Waals surface area contributed by atoms with Crippen LogP contribution in [0, 0.1) is 18.3 Å². The van der Waals surface area contributed by atoms with Crippen molar-refractivity contribution in [2.24, 2.45) is 5.73 Å². The molecule has 1 amide bonds. The van der Waals surface area contributed by atoms with E-state index in [2.05, 4.69) is 21.2 Å². The SMILES string of the molecule is Cc1c(-c2noc(-c3cnc(OC(C)C)c(C#N)c3)n2)ccc2c1CCN(C(=O)[C@@H](N)[C@@H](C)O)C2.Cl. The number of aromatic nitrogens is 3. The Morgan fingerprint density at radius 3 is 2.75 bits per heavy atom. The van der Waals surface area contributed by atoms with Gasteiger partial charge < -0.3 is 25.0 Å². The predicted molar refractivity (Wildman–Crippen MR) is 134 cm³/mol. The first kappa shape index (κ1) is 27.1. The van der Waals surface area contributed by atoms with E-state index in [1.54, 1.807) is 17.2 Å². The molecule has 190 valence electrons. The summed E-state index contributed by atoms with van der Waals surface area (Å²) in [4.78, 5) is 23.0. The van der Waals surface area contributed by atoms with E-state index in [4.69, 9.17) is 15.0 Å². The molecule has 0 bridgehead atoms. The molecular formula is C25H29ClN6O4. The van der Waals surface area contributed by atoms with Gasteiger partial charge in [-0.15, -0.1) is 12.4 Å². The normalized spacial score (nSPS) is 14.4. The zero-order valence-corrected chi connectivity index (χ0v) is 21.4. The maximum Gasteiger partial charge on any atom is 0.259 e.